The number of halogens is 1. The van der Waals surface area contributed by atoms with Crippen LogP contribution in [-0.2, 0) is 9.59 Å². The number of nitrogens with one attached hydrogen (secondary N) is 4. The van der Waals surface area contributed by atoms with Gasteiger partial charge in [0.2, 0.25) is 5.91 Å². The minimum Gasteiger partial charge on any atom is -0.481 e. The second kappa shape index (κ2) is 12.5. The molecule has 2 aliphatic heterocycles. The smallest absolute Gasteiger partial charge is 0.306 e. The summed E-state index contributed by atoms with van der Waals surface area (Å²) in [7, 11) is 0. The topological polar surface area (TPSA) is 126 Å². The minimum atomic E-state index is -0.833. The lowest BCUT2D eigenvalue weighted by atomic mass is 9.96. The van der Waals surface area contributed by atoms with E-state index in [4.69, 9.17) is 0 Å². The standard InChI is InChI=1S/C29H35FN6O4/c30-22-7-3-19(4-8-22)24-18-26(24)31-13-1-2-25(28(38)35-15-11-21(12-16-35)29(39)40)33-27(37)20-5-9-23(10-6-20)36-17-14-32-34-36/h3-10,14,17,21,24-26,31-32,34H,1-2,11-13,15-16,18H2,(H,33,37)(H,39,40)/t24-,25-,26+/m0/s1. The van der Waals surface area contributed by atoms with Gasteiger partial charge >= 0.3 is 5.97 Å². The normalized spacial score (nSPS) is 21.1. The SMILES string of the molecule is O=C(N[C@@H](CCCN[C@@H]1C[C@H]1c1ccc(F)cc1)C(=O)N1CCC(C(=O)O)CC1)c1ccc(N2C=CNN2)cc1. The zero-order valence-corrected chi connectivity index (χ0v) is 22.2. The highest BCUT2D eigenvalue weighted by atomic mass is 19.1. The Balaban J connectivity index is 1.16. The van der Waals surface area contributed by atoms with Crippen LogP contribution < -0.4 is 26.6 Å². The molecule has 10 nitrogen and oxygen atoms in total. The predicted octanol–water partition coefficient (Wildman–Crippen LogP) is 2.47. The maximum absolute atomic E-state index is 13.5. The van der Waals surface area contributed by atoms with Crippen LogP contribution in [0.1, 0.15) is 53.9 Å². The van der Waals surface area contributed by atoms with Crippen LogP contribution in [0.3, 0.4) is 0 Å². The van der Waals surface area contributed by atoms with E-state index in [9.17, 15) is 23.9 Å². The summed E-state index contributed by atoms with van der Waals surface area (Å²) in [5.74, 6) is -1.67. The molecular weight excluding hydrogens is 515 g/mol. The van der Waals surface area contributed by atoms with E-state index in [2.05, 4.69) is 21.6 Å². The van der Waals surface area contributed by atoms with Gasteiger partial charge in [-0.25, -0.2) is 4.39 Å². The van der Waals surface area contributed by atoms with Gasteiger partial charge in [0.25, 0.3) is 5.91 Å². The molecule has 40 heavy (non-hydrogen) atoms. The Kier molecular flexibility index (Phi) is 8.61. The summed E-state index contributed by atoms with van der Waals surface area (Å²) in [6.45, 7) is 1.41. The van der Waals surface area contributed by atoms with Crippen molar-refractivity contribution in [2.24, 2.45) is 5.92 Å². The van der Waals surface area contributed by atoms with Crippen molar-refractivity contribution < 1.29 is 23.9 Å². The molecule has 1 saturated carbocycles. The molecule has 0 aromatic heterocycles. The molecule has 5 rings (SSSR count). The molecule has 0 bridgehead atoms. The maximum Gasteiger partial charge on any atom is 0.306 e. The van der Waals surface area contributed by atoms with Gasteiger partial charge in [0, 0.05) is 43.0 Å². The zero-order chi connectivity index (χ0) is 28.1. The molecule has 0 unspecified atom stereocenters. The molecule has 2 fully saturated rings. The second-order valence-corrected chi connectivity index (χ2v) is 10.5. The summed E-state index contributed by atoms with van der Waals surface area (Å²) in [6, 6.07) is 13.2. The molecule has 1 aliphatic carbocycles. The van der Waals surface area contributed by atoms with Gasteiger partial charge in [0.05, 0.1) is 11.6 Å². The fraction of sp³-hybridized carbons (Fsp3) is 0.414. The molecule has 5 N–H and O–H groups in total. The maximum atomic E-state index is 13.5. The number of aliphatic carboxylic acids is 1. The lowest BCUT2D eigenvalue weighted by molar-refractivity contribution is -0.146. The van der Waals surface area contributed by atoms with E-state index in [0.717, 1.165) is 17.7 Å². The first kappa shape index (κ1) is 27.6. The van der Waals surface area contributed by atoms with E-state index in [0.29, 0.717) is 62.8 Å². The van der Waals surface area contributed by atoms with E-state index < -0.39 is 17.9 Å². The van der Waals surface area contributed by atoms with Crippen LogP contribution in [0, 0.1) is 11.7 Å². The Bertz CT molecular complexity index is 1230. The predicted molar refractivity (Wildman–Crippen MR) is 147 cm³/mol. The molecule has 11 heteroatoms. The molecule has 1 saturated heterocycles. The van der Waals surface area contributed by atoms with E-state index in [-0.39, 0.29) is 17.6 Å². The number of piperidine rings is 1. The number of carbonyl (C=O) groups excluding carboxylic acids is 2. The van der Waals surface area contributed by atoms with Gasteiger partial charge in [-0.05, 0) is 80.6 Å². The van der Waals surface area contributed by atoms with Crippen LogP contribution in [0.5, 0.6) is 0 Å². The number of carboxylic acid groups (broad SMARTS) is 1. The van der Waals surface area contributed by atoms with Crippen LogP contribution in [0.4, 0.5) is 10.1 Å². The number of anilines is 1. The van der Waals surface area contributed by atoms with Gasteiger partial charge in [-0.3, -0.25) is 19.4 Å². The van der Waals surface area contributed by atoms with E-state index in [1.165, 1.54) is 12.1 Å². The lowest BCUT2D eigenvalue weighted by Gasteiger charge is -2.33. The third-order valence-corrected chi connectivity index (χ3v) is 7.82. The fourth-order valence-corrected chi connectivity index (χ4v) is 5.34. The number of likely N-dealkylation sites (tertiary alicyclic amines) is 1. The number of amides is 2. The molecule has 0 spiro atoms. The number of hydrogen-bond acceptors (Lipinski definition) is 7. The van der Waals surface area contributed by atoms with Crippen LogP contribution in [0.2, 0.25) is 0 Å². The van der Waals surface area contributed by atoms with Gasteiger partial charge in [0.1, 0.15) is 11.9 Å². The highest BCUT2D eigenvalue weighted by Gasteiger charge is 2.38. The van der Waals surface area contributed by atoms with Crippen molar-refractivity contribution in [1.29, 1.82) is 0 Å². The summed E-state index contributed by atoms with van der Waals surface area (Å²) in [5.41, 5.74) is 8.19. The molecule has 2 heterocycles. The molecule has 2 aromatic carbocycles. The number of carboxylic acids is 1. The number of benzene rings is 2. The summed E-state index contributed by atoms with van der Waals surface area (Å²) in [6.07, 6.45) is 6.49. The van der Waals surface area contributed by atoms with Crippen molar-refractivity contribution in [3.63, 3.8) is 0 Å². The summed E-state index contributed by atoms with van der Waals surface area (Å²) >= 11 is 0. The number of nitrogens with zero attached hydrogens (tertiary/aromatic N) is 2. The Morgan fingerprint density at radius 3 is 2.42 bits per heavy atom. The van der Waals surface area contributed by atoms with Crippen molar-refractivity contribution in [2.45, 2.75) is 50.1 Å². The van der Waals surface area contributed by atoms with Crippen molar-refractivity contribution in [1.82, 2.24) is 26.5 Å². The Morgan fingerprint density at radius 1 is 1.05 bits per heavy atom. The average molecular weight is 551 g/mol. The average Bonchev–Trinajstić information content (AvgIpc) is 3.53. The Labute approximate surface area is 232 Å². The highest BCUT2D eigenvalue weighted by molar-refractivity contribution is 5.97. The van der Waals surface area contributed by atoms with Gasteiger partial charge < -0.3 is 26.1 Å². The van der Waals surface area contributed by atoms with Crippen molar-refractivity contribution in [3.8, 4) is 0 Å². The first-order valence-corrected chi connectivity index (χ1v) is 13.8. The van der Waals surface area contributed by atoms with Gasteiger partial charge in [0.15, 0.2) is 0 Å². The second-order valence-electron chi connectivity index (χ2n) is 10.5. The van der Waals surface area contributed by atoms with Crippen LogP contribution >= 0.6 is 0 Å². The van der Waals surface area contributed by atoms with Gasteiger partial charge in [-0.1, -0.05) is 12.1 Å². The quantitative estimate of drug-likeness (QED) is 0.270. The molecular formula is C29H35FN6O4. The molecule has 0 radical (unpaired) electrons. The van der Waals surface area contributed by atoms with Gasteiger partial charge in [-0.15, -0.1) is 5.53 Å². The Morgan fingerprint density at radius 2 is 1.77 bits per heavy atom. The van der Waals surface area contributed by atoms with Gasteiger partial charge in [-0.2, -0.15) is 0 Å². The summed E-state index contributed by atoms with van der Waals surface area (Å²) in [4.78, 5) is 39.6. The fourth-order valence-electron chi connectivity index (χ4n) is 5.34. The molecule has 3 aliphatic rings. The van der Waals surface area contributed by atoms with E-state index in [1.807, 2.05) is 30.5 Å². The minimum absolute atomic E-state index is 0.179. The van der Waals surface area contributed by atoms with E-state index in [1.54, 1.807) is 28.2 Å². The molecule has 3 atom stereocenters. The first-order chi connectivity index (χ1) is 19.4. The molecule has 2 aromatic rings. The molecule has 2 amide bonds. The summed E-state index contributed by atoms with van der Waals surface area (Å²) < 4.78 is 13.2. The molecule has 212 valence electrons. The van der Waals surface area contributed by atoms with Crippen LogP contribution in [0.25, 0.3) is 0 Å². The Hall–Kier alpha value is -3.96. The highest BCUT2D eigenvalue weighted by Crippen LogP contribution is 2.40. The third kappa shape index (κ3) is 6.78. The number of carbonyl (C=O) groups is 3. The first-order valence-electron chi connectivity index (χ1n) is 13.8. The monoisotopic (exact) mass is 550 g/mol. The van der Waals surface area contributed by atoms with Crippen molar-refractivity contribution >= 4 is 23.5 Å². The summed E-state index contributed by atoms with van der Waals surface area (Å²) in [5, 5.41) is 17.5. The van der Waals surface area contributed by atoms with Crippen molar-refractivity contribution in [3.05, 3.63) is 77.9 Å². The number of rotatable bonds is 11. The number of hydrazine groups is 2. The van der Waals surface area contributed by atoms with Crippen molar-refractivity contribution in [2.75, 3.05) is 24.6 Å². The van der Waals surface area contributed by atoms with E-state index >= 15 is 0 Å². The third-order valence-electron chi connectivity index (χ3n) is 7.82. The lowest BCUT2D eigenvalue weighted by Crippen LogP contribution is -2.51. The van der Waals surface area contributed by atoms with Crippen LogP contribution in [0.15, 0.2) is 60.9 Å². The van der Waals surface area contributed by atoms with Crippen LogP contribution in [-0.4, -0.2) is 59.5 Å². The number of hydrogen-bond donors (Lipinski definition) is 5. The largest absolute Gasteiger partial charge is 0.481 e. The zero-order valence-electron chi connectivity index (χ0n) is 22.2.